The zero-order chi connectivity index (χ0) is 22.7. The van der Waals surface area contributed by atoms with Gasteiger partial charge in [0.1, 0.15) is 11.5 Å². The van der Waals surface area contributed by atoms with Gasteiger partial charge in [0, 0.05) is 30.9 Å². The Morgan fingerprint density at radius 2 is 1.97 bits per heavy atom. The van der Waals surface area contributed by atoms with Crippen LogP contribution in [0.15, 0.2) is 47.8 Å². The number of piperidine rings is 1. The Balaban J connectivity index is 1.33. The third-order valence-electron chi connectivity index (χ3n) is 5.60. The number of aryl methyl sites for hydroxylation is 1. The first-order chi connectivity index (χ1) is 15.4. The molecule has 1 N–H and O–H groups in total. The van der Waals surface area contributed by atoms with E-state index in [-0.39, 0.29) is 28.3 Å². The standard InChI is InChI=1S/C24H23ClFN3O2S/c1-15-4-2-5-16(12-15)13-27-22(30)20-14-32-23(28-20)17-8-10-29(11-9-17)24(31)21-18(25)6-3-7-19(21)26/h2-7,12,14,17H,8-11,13H2,1H3,(H,27,30). The summed E-state index contributed by atoms with van der Waals surface area (Å²) in [6.45, 7) is 3.44. The topological polar surface area (TPSA) is 62.3 Å². The van der Waals surface area contributed by atoms with E-state index in [1.54, 1.807) is 10.3 Å². The Kier molecular flexibility index (Phi) is 6.86. The second kappa shape index (κ2) is 9.79. The second-order valence-corrected chi connectivity index (χ2v) is 9.20. The molecule has 8 heteroatoms. The molecular formula is C24H23ClFN3O2S. The normalized spacial score (nSPS) is 14.4. The van der Waals surface area contributed by atoms with Crippen LogP contribution in [0.4, 0.5) is 4.39 Å². The van der Waals surface area contributed by atoms with Gasteiger partial charge in [0.2, 0.25) is 0 Å². The monoisotopic (exact) mass is 471 g/mol. The molecule has 0 aliphatic carbocycles. The number of hydrogen-bond donors (Lipinski definition) is 1. The second-order valence-electron chi connectivity index (χ2n) is 7.91. The van der Waals surface area contributed by atoms with Gasteiger partial charge < -0.3 is 10.2 Å². The molecular weight excluding hydrogens is 449 g/mol. The van der Waals surface area contributed by atoms with Gasteiger partial charge in [-0.25, -0.2) is 9.37 Å². The summed E-state index contributed by atoms with van der Waals surface area (Å²) in [5, 5.41) is 5.70. The van der Waals surface area contributed by atoms with Gasteiger partial charge >= 0.3 is 0 Å². The van der Waals surface area contributed by atoms with Crippen LogP contribution in [-0.2, 0) is 6.54 Å². The Bertz CT molecular complexity index is 1120. The number of likely N-dealkylation sites (tertiary alicyclic amines) is 1. The van der Waals surface area contributed by atoms with Gasteiger partial charge in [0.15, 0.2) is 0 Å². The van der Waals surface area contributed by atoms with E-state index in [0.717, 1.165) is 16.1 Å². The maximum absolute atomic E-state index is 14.1. The van der Waals surface area contributed by atoms with Gasteiger partial charge in [0.25, 0.3) is 11.8 Å². The SMILES string of the molecule is Cc1cccc(CNC(=O)c2csc(C3CCN(C(=O)c4c(F)cccc4Cl)CC3)n2)c1. The molecule has 1 saturated heterocycles. The van der Waals surface area contributed by atoms with Crippen molar-refractivity contribution in [3.63, 3.8) is 0 Å². The number of hydrogen-bond acceptors (Lipinski definition) is 4. The molecule has 1 aliphatic rings. The lowest BCUT2D eigenvalue weighted by atomic mass is 9.97. The summed E-state index contributed by atoms with van der Waals surface area (Å²) in [5.74, 6) is -1.03. The minimum Gasteiger partial charge on any atom is -0.347 e. The molecule has 2 aromatic carbocycles. The zero-order valence-corrected chi connectivity index (χ0v) is 19.2. The molecule has 0 spiro atoms. The van der Waals surface area contributed by atoms with Gasteiger partial charge in [-0.15, -0.1) is 11.3 Å². The fraction of sp³-hybridized carbons (Fsp3) is 0.292. The molecule has 0 saturated carbocycles. The molecule has 1 aliphatic heterocycles. The summed E-state index contributed by atoms with van der Waals surface area (Å²) >= 11 is 7.50. The average Bonchev–Trinajstić information content (AvgIpc) is 3.28. The maximum atomic E-state index is 14.1. The largest absolute Gasteiger partial charge is 0.347 e. The van der Waals surface area contributed by atoms with Crippen molar-refractivity contribution in [3.05, 3.63) is 86.1 Å². The molecule has 0 atom stereocenters. The van der Waals surface area contributed by atoms with E-state index >= 15 is 0 Å². The van der Waals surface area contributed by atoms with E-state index in [9.17, 15) is 14.0 Å². The van der Waals surface area contributed by atoms with Crippen molar-refractivity contribution in [1.82, 2.24) is 15.2 Å². The lowest BCUT2D eigenvalue weighted by molar-refractivity contribution is 0.0708. The Morgan fingerprint density at radius 3 is 2.69 bits per heavy atom. The van der Waals surface area contributed by atoms with Crippen LogP contribution in [0, 0.1) is 12.7 Å². The van der Waals surface area contributed by atoms with Crippen LogP contribution in [-0.4, -0.2) is 34.8 Å². The number of carbonyl (C=O) groups is 2. The number of thiazole rings is 1. The minimum atomic E-state index is -0.606. The van der Waals surface area contributed by atoms with Crippen LogP contribution in [0.2, 0.25) is 5.02 Å². The first-order valence-electron chi connectivity index (χ1n) is 10.4. The number of amides is 2. The van der Waals surface area contributed by atoms with Crippen LogP contribution in [0.5, 0.6) is 0 Å². The van der Waals surface area contributed by atoms with E-state index in [1.807, 2.05) is 31.2 Å². The summed E-state index contributed by atoms with van der Waals surface area (Å²) in [6.07, 6.45) is 1.41. The highest BCUT2D eigenvalue weighted by atomic mass is 35.5. The third kappa shape index (κ3) is 5.00. The Morgan fingerprint density at radius 1 is 1.22 bits per heavy atom. The molecule has 2 heterocycles. The summed E-state index contributed by atoms with van der Waals surface area (Å²) < 4.78 is 14.1. The molecule has 0 bridgehead atoms. The average molecular weight is 472 g/mol. The van der Waals surface area contributed by atoms with E-state index in [2.05, 4.69) is 10.3 Å². The predicted octanol–water partition coefficient (Wildman–Crippen LogP) is 5.19. The Hall–Kier alpha value is -2.77. The van der Waals surface area contributed by atoms with E-state index < -0.39 is 5.82 Å². The molecule has 166 valence electrons. The third-order valence-corrected chi connectivity index (χ3v) is 6.92. The zero-order valence-electron chi connectivity index (χ0n) is 17.6. The first kappa shape index (κ1) is 22.4. The van der Waals surface area contributed by atoms with Crippen molar-refractivity contribution in [3.8, 4) is 0 Å². The highest BCUT2D eigenvalue weighted by Gasteiger charge is 2.29. The summed E-state index contributed by atoms with van der Waals surface area (Å²) in [4.78, 5) is 31.4. The molecule has 1 aromatic heterocycles. The fourth-order valence-corrected chi connectivity index (χ4v) is 5.08. The molecule has 0 radical (unpaired) electrons. The molecule has 5 nitrogen and oxygen atoms in total. The highest BCUT2D eigenvalue weighted by Crippen LogP contribution is 2.32. The van der Waals surface area contributed by atoms with Gasteiger partial charge in [-0.3, -0.25) is 9.59 Å². The maximum Gasteiger partial charge on any atom is 0.271 e. The van der Waals surface area contributed by atoms with Crippen molar-refractivity contribution in [1.29, 1.82) is 0 Å². The molecule has 2 amide bonds. The summed E-state index contributed by atoms with van der Waals surface area (Å²) in [5.41, 5.74) is 2.53. The minimum absolute atomic E-state index is 0.0746. The molecule has 1 fully saturated rings. The van der Waals surface area contributed by atoms with Gasteiger partial charge in [-0.05, 0) is 37.5 Å². The van der Waals surface area contributed by atoms with Crippen LogP contribution in [0.3, 0.4) is 0 Å². The summed E-state index contributed by atoms with van der Waals surface area (Å²) in [6, 6.07) is 12.2. The van der Waals surface area contributed by atoms with Crippen LogP contribution in [0.1, 0.15) is 55.7 Å². The van der Waals surface area contributed by atoms with Gasteiger partial charge in [-0.1, -0.05) is 47.5 Å². The molecule has 3 aromatic rings. The van der Waals surface area contributed by atoms with Crippen molar-refractivity contribution < 1.29 is 14.0 Å². The van der Waals surface area contributed by atoms with E-state index in [0.29, 0.717) is 38.2 Å². The lowest BCUT2D eigenvalue weighted by Gasteiger charge is -2.31. The fourth-order valence-electron chi connectivity index (χ4n) is 3.86. The van der Waals surface area contributed by atoms with Crippen molar-refractivity contribution in [2.45, 2.75) is 32.2 Å². The summed E-state index contributed by atoms with van der Waals surface area (Å²) in [7, 11) is 0. The number of nitrogens with zero attached hydrogens (tertiary/aromatic N) is 2. The number of nitrogens with one attached hydrogen (secondary N) is 1. The number of halogens is 2. The number of aromatic nitrogens is 1. The van der Waals surface area contributed by atoms with Crippen LogP contribution in [0.25, 0.3) is 0 Å². The Labute approximate surface area is 195 Å². The van der Waals surface area contributed by atoms with Gasteiger partial charge in [-0.2, -0.15) is 0 Å². The van der Waals surface area contributed by atoms with Crippen molar-refractivity contribution in [2.75, 3.05) is 13.1 Å². The predicted molar refractivity (Wildman–Crippen MR) is 124 cm³/mol. The first-order valence-corrected chi connectivity index (χ1v) is 11.7. The van der Waals surface area contributed by atoms with Gasteiger partial charge in [0.05, 0.1) is 15.6 Å². The van der Waals surface area contributed by atoms with Crippen LogP contribution < -0.4 is 5.32 Å². The van der Waals surface area contributed by atoms with E-state index in [4.69, 9.17) is 11.6 Å². The quantitative estimate of drug-likeness (QED) is 0.556. The van der Waals surface area contributed by atoms with Crippen LogP contribution >= 0.6 is 22.9 Å². The smallest absolute Gasteiger partial charge is 0.271 e. The lowest BCUT2D eigenvalue weighted by Crippen LogP contribution is -2.38. The molecule has 4 rings (SSSR count). The molecule has 0 unspecified atom stereocenters. The highest BCUT2D eigenvalue weighted by molar-refractivity contribution is 7.09. The molecule has 32 heavy (non-hydrogen) atoms. The van der Waals surface area contributed by atoms with Crippen molar-refractivity contribution in [2.24, 2.45) is 0 Å². The van der Waals surface area contributed by atoms with E-state index in [1.165, 1.54) is 29.5 Å². The number of rotatable bonds is 5. The number of benzene rings is 2. The van der Waals surface area contributed by atoms with Crippen molar-refractivity contribution >= 4 is 34.8 Å². The number of carbonyl (C=O) groups excluding carboxylic acids is 2.